The summed E-state index contributed by atoms with van der Waals surface area (Å²) in [6.07, 6.45) is 8.51. The molecule has 4 fully saturated rings. The predicted molar refractivity (Wildman–Crippen MR) is 108 cm³/mol. The number of carbonyl (C=O) groups is 1. The number of allylic oxidation sites excluding steroid dienone is 1. The van der Waals surface area contributed by atoms with Gasteiger partial charge in [-0.1, -0.05) is 25.5 Å². The van der Waals surface area contributed by atoms with Gasteiger partial charge in [-0.3, -0.25) is 4.79 Å². The number of hydrogen-bond acceptors (Lipinski definition) is 5. The van der Waals surface area contributed by atoms with Crippen molar-refractivity contribution in [3.05, 3.63) is 11.6 Å². The van der Waals surface area contributed by atoms with Crippen molar-refractivity contribution in [1.82, 2.24) is 0 Å². The highest BCUT2D eigenvalue weighted by Gasteiger charge is 2.75. The van der Waals surface area contributed by atoms with Gasteiger partial charge in [0, 0.05) is 5.41 Å². The quantitative estimate of drug-likeness (QED) is 0.690. The molecule has 1 heterocycles. The Morgan fingerprint density at radius 3 is 2.66 bits per heavy atom. The summed E-state index contributed by atoms with van der Waals surface area (Å²) >= 11 is 0. The van der Waals surface area contributed by atoms with Crippen LogP contribution in [0.15, 0.2) is 11.6 Å². The fraction of sp³-hybridized carbons (Fsp3) is 0.875. The number of aliphatic hydroxyl groups excluding tert-OH is 2. The molecular formula is C24H36O5. The summed E-state index contributed by atoms with van der Waals surface area (Å²) in [7, 11) is 0. The minimum absolute atomic E-state index is 0.163. The number of aliphatic hydroxyl groups is 2. The maximum absolute atomic E-state index is 13.2. The molecule has 1 aliphatic heterocycles. The van der Waals surface area contributed by atoms with Crippen LogP contribution in [0.4, 0.5) is 0 Å². The molecule has 0 spiro atoms. The number of Topliss-reactive ketones (excluding diaryl/α,β-unsaturated/α-hetero) is 1. The molecule has 1 saturated heterocycles. The van der Waals surface area contributed by atoms with Gasteiger partial charge in [0.1, 0.15) is 6.61 Å². The van der Waals surface area contributed by atoms with E-state index in [-0.39, 0.29) is 28.8 Å². The van der Waals surface area contributed by atoms with Gasteiger partial charge in [0.25, 0.3) is 0 Å². The van der Waals surface area contributed by atoms with Crippen molar-refractivity contribution in [2.24, 2.45) is 28.6 Å². The Morgan fingerprint density at radius 1 is 1.17 bits per heavy atom. The third kappa shape index (κ3) is 2.45. The number of ketones is 1. The SMILES string of the molecule is CC1(C)O[C@@H]2C[C@H]3[C@@H]4CC=C5C[C@@H](O)CC[C@]5(C)[C@H]4CC[C@]3(C)[C@]2(C(=O)CO)O1. The summed E-state index contributed by atoms with van der Waals surface area (Å²) in [5.74, 6) is 0.420. The second kappa shape index (κ2) is 6.15. The highest BCUT2D eigenvalue weighted by Crippen LogP contribution is 2.70. The molecular weight excluding hydrogens is 368 g/mol. The van der Waals surface area contributed by atoms with Gasteiger partial charge in [-0.05, 0) is 82.0 Å². The zero-order chi connectivity index (χ0) is 20.8. The lowest BCUT2D eigenvalue weighted by Crippen LogP contribution is -2.61. The highest BCUT2D eigenvalue weighted by atomic mass is 16.8. The molecule has 0 bridgehead atoms. The van der Waals surface area contributed by atoms with Gasteiger partial charge < -0.3 is 19.7 Å². The molecule has 0 aromatic rings. The highest BCUT2D eigenvalue weighted by molar-refractivity contribution is 5.91. The first-order chi connectivity index (χ1) is 13.6. The van der Waals surface area contributed by atoms with Crippen LogP contribution in [-0.4, -0.2) is 46.2 Å². The van der Waals surface area contributed by atoms with Crippen LogP contribution in [0.5, 0.6) is 0 Å². The van der Waals surface area contributed by atoms with Gasteiger partial charge >= 0.3 is 0 Å². The second-order valence-electron chi connectivity index (χ2n) is 11.3. The summed E-state index contributed by atoms with van der Waals surface area (Å²) in [6.45, 7) is 7.90. The molecule has 4 aliphatic carbocycles. The van der Waals surface area contributed by atoms with Crippen LogP contribution in [0, 0.1) is 28.6 Å². The lowest BCUT2D eigenvalue weighted by Gasteiger charge is -2.59. The molecule has 0 aromatic carbocycles. The Morgan fingerprint density at radius 2 is 1.93 bits per heavy atom. The molecule has 29 heavy (non-hydrogen) atoms. The van der Waals surface area contributed by atoms with Gasteiger partial charge in [0.05, 0.1) is 12.2 Å². The van der Waals surface area contributed by atoms with Gasteiger partial charge in [0.15, 0.2) is 17.2 Å². The first kappa shape index (κ1) is 20.2. The largest absolute Gasteiger partial charge is 0.393 e. The molecule has 5 nitrogen and oxygen atoms in total. The lowest BCUT2D eigenvalue weighted by atomic mass is 9.46. The normalized spacial score (nSPS) is 52.8. The van der Waals surface area contributed by atoms with Gasteiger partial charge in [-0.15, -0.1) is 0 Å². The zero-order valence-electron chi connectivity index (χ0n) is 18.2. The van der Waals surface area contributed by atoms with E-state index in [4.69, 9.17) is 9.47 Å². The van der Waals surface area contributed by atoms with E-state index in [9.17, 15) is 15.0 Å². The monoisotopic (exact) mass is 404 g/mol. The summed E-state index contributed by atoms with van der Waals surface area (Å²) in [5.41, 5.74) is 0.266. The summed E-state index contributed by atoms with van der Waals surface area (Å²) in [6, 6.07) is 0. The minimum Gasteiger partial charge on any atom is -0.393 e. The fourth-order valence-corrected chi connectivity index (χ4v) is 8.36. The van der Waals surface area contributed by atoms with E-state index in [2.05, 4.69) is 19.9 Å². The molecule has 0 aromatic heterocycles. The fourth-order valence-electron chi connectivity index (χ4n) is 8.36. The Labute approximate surface area is 173 Å². The van der Waals surface area contributed by atoms with E-state index in [1.54, 1.807) is 0 Å². The third-order valence-corrected chi connectivity index (χ3v) is 9.63. The molecule has 5 rings (SSSR count). The number of ether oxygens (including phenoxy) is 2. The van der Waals surface area contributed by atoms with E-state index in [0.717, 1.165) is 44.9 Å². The molecule has 8 atom stereocenters. The summed E-state index contributed by atoms with van der Waals surface area (Å²) in [4.78, 5) is 13.2. The van der Waals surface area contributed by atoms with Crippen LogP contribution in [-0.2, 0) is 14.3 Å². The maximum atomic E-state index is 13.2. The Hall–Kier alpha value is -0.750. The van der Waals surface area contributed by atoms with Crippen molar-refractivity contribution in [3.8, 4) is 0 Å². The Bertz CT molecular complexity index is 758. The number of rotatable bonds is 2. The van der Waals surface area contributed by atoms with Crippen molar-refractivity contribution >= 4 is 5.78 Å². The third-order valence-electron chi connectivity index (χ3n) is 9.63. The molecule has 2 N–H and O–H groups in total. The zero-order valence-corrected chi connectivity index (χ0v) is 18.2. The van der Waals surface area contributed by atoms with Gasteiger partial charge in [0.2, 0.25) is 0 Å². The summed E-state index contributed by atoms with van der Waals surface area (Å²) in [5, 5.41) is 20.0. The van der Waals surface area contributed by atoms with Crippen molar-refractivity contribution in [3.63, 3.8) is 0 Å². The first-order valence-corrected chi connectivity index (χ1v) is 11.5. The molecule has 3 saturated carbocycles. The smallest absolute Gasteiger partial charge is 0.193 e. The maximum Gasteiger partial charge on any atom is 0.193 e. The van der Waals surface area contributed by atoms with Gasteiger partial charge in [-0.25, -0.2) is 0 Å². The molecule has 162 valence electrons. The first-order valence-electron chi connectivity index (χ1n) is 11.5. The number of fused-ring (bicyclic) bond motifs is 7. The van der Waals surface area contributed by atoms with E-state index in [0.29, 0.717) is 17.8 Å². The van der Waals surface area contributed by atoms with Gasteiger partial charge in [-0.2, -0.15) is 0 Å². The van der Waals surface area contributed by atoms with Crippen LogP contribution in [0.3, 0.4) is 0 Å². The molecule has 0 amide bonds. The number of carbonyl (C=O) groups excluding carboxylic acids is 1. The standard InChI is InChI=1S/C24H36O5/c1-21(2)28-20-12-18-16-6-5-14-11-15(26)7-9-22(14,3)17(16)8-10-23(18,4)24(20,29-21)19(27)13-25/h5,15-18,20,25-26H,6-13H2,1-4H3/t15-,16+,17-,18-,20+,22-,23-,24+/m0/s1. The minimum atomic E-state index is -1.03. The summed E-state index contributed by atoms with van der Waals surface area (Å²) < 4.78 is 12.7. The Balaban J connectivity index is 1.54. The molecule has 5 heteroatoms. The Kier molecular flexibility index (Phi) is 4.28. The average Bonchev–Trinajstić information content (AvgIpc) is 3.07. The average molecular weight is 405 g/mol. The topological polar surface area (TPSA) is 76.0 Å². The van der Waals surface area contributed by atoms with E-state index >= 15 is 0 Å². The second-order valence-corrected chi connectivity index (χ2v) is 11.3. The van der Waals surface area contributed by atoms with Crippen molar-refractivity contribution < 1.29 is 24.5 Å². The van der Waals surface area contributed by atoms with Crippen LogP contribution < -0.4 is 0 Å². The van der Waals surface area contributed by atoms with E-state index in [1.165, 1.54) is 5.57 Å². The van der Waals surface area contributed by atoms with Crippen molar-refractivity contribution in [2.75, 3.05) is 6.61 Å². The van der Waals surface area contributed by atoms with Crippen molar-refractivity contribution in [1.29, 1.82) is 0 Å². The number of hydrogen-bond donors (Lipinski definition) is 2. The van der Waals surface area contributed by atoms with Crippen LogP contribution in [0.1, 0.15) is 72.6 Å². The van der Waals surface area contributed by atoms with Crippen molar-refractivity contribution in [2.45, 2.75) is 96.2 Å². The predicted octanol–water partition coefficient (Wildman–Crippen LogP) is 3.37. The van der Waals surface area contributed by atoms with E-state index in [1.807, 2.05) is 13.8 Å². The molecule has 0 unspecified atom stereocenters. The van der Waals surface area contributed by atoms with Crippen LogP contribution in [0.2, 0.25) is 0 Å². The molecule has 5 aliphatic rings. The lowest BCUT2D eigenvalue weighted by molar-refractivity contribution is -0.215. The van der Waals surface area contributed by atoms with Crippen LogP contribution in [0.25, 0.3) is 0 Å². The van der Waals surface area contributed by atoms with Crippen LogP contribution >= 0.6 is 0 Å². The van der Waals surface area contributed by atoms with E-state index < -0.39 is 18.0 Å². The molecule has 0 radical (unpaired) electrons.